The molecule has 0 bridgehead atoms. The van der Waals surface area contributed by atoms with Crippen molar-refractivity contribution in [1.29, 1.82) is 0 Å². The Morgan fingerprint density at radius 1 is 1.56 bits per heavy atom. The number of aliphatic hydroxyl groups excluding tert-OH is 1. The molecule has 5 nitrogen and oxygen atoms in total. The maximum Gasteiger partial charge on any atom is 0.288 e. The second kappa shape index (κ2) is 5.12. The summed E-state index contributed by atoms with van der Waals surface area (Å²) in [6, 6.07) is 3.10. The molecule has 0 aromatic heterocycles. The van der Waals surface area contributed by atoms with Crippen LogP contribution in [0.4, 0.5) is 11.4 Å². The van der Waals surface area contributed by atoms with Crippen molar-refractivity contribution in [3.05, 3.63) is 32.8 Å². The monoisotopic (exact) mass is 270 g/mol. The summed E-state index contributed by atoms with van der Waals surface area (Å²) in [5, 5.41) is 20.6. The molecule has 1 aliphatic heterocycles. The van der Waals surface area contributed by atoms with Gasteiger partial charge in [0.15, 0.2) is 0 Å². The van der Waals surface area contributed by atoms with Gasteiger partial charge < -0.3 is 10.0 Å². The zero-order valence-corrected chi connectivity index (χ0v) is 10.9. The number of nitro benzene ring substituents is 1. The van der Waals surface area contributed by atoms with Crippen LogP contribution in [-0.2, 0) is 0 Å². The lowest BCUT2D eigenvalue weighted by molar-refractivity contribution is -0.384. The van der Waals surface area contributed by atoms with Gasteiger partial charge in [0, 0.05) is 24.8 Å². The normalized spacial score (nSPS) is 19.9. The van der Waals surface area contributed by atoms with Crippen LogP contribution >= 0.6 is 11.6 Å². The van der Waals surface area contributed by atoms with Crippen molar-refractivity contribution in [3.8, 4) is 0 Å². The number of hydrogen-bond acceptors (Lipinski definition) is 4. The lowest BCUT2D eigenvalue weighted by Gasteiger charge is -2.33. The summed E-state index contributed by atoms with van der Waals surface area (Å²) in [5.74, 6) is 0. The van der Waals surface area contributed by atoms with Gasteiger partial charge in [-0.1, -0.05) is 11.6 Å². The van der Waals surface area contributed by atoms with Crippen molar-refractivity contribution >= 4 is 23.0 Å². The Bertz CT molecular complexity index is 479. The highest BCUT2D eigenvalue weighted by atomic mass is 35.5. The predicted octanol–water partition coefficient (Wildman–Crippen LogP) is 2.52. The standard InChI is InChI=1S/C12H15ClN2O3/c1-8-5-12(15(17)18)10(13)6-11(8)14-4-2-3-9(16)7-14/h5-6,9,16H,2-4,7H2,1H3/t9-/m0/s1. The lowest BCUT2D eigenvalue weighted by atomic mass is 10.1. The molecule has 1 N–H and O–H groups in total. The first kappa shape index (κ1) is 13.1. The van der Waals surface area contributed by atoms with E-state index in [9.17, 15) is 15.2 Å². The van der Waals surface area contributed by atoms with Crippen LogP contribution in [0.25, 0.3) is 0 Å². The third-order valence-corrected chi connectivity index (χ3v) is 3.50. The summed E-state index contributed by atoms with van der Waals surface area (Å²) >= 11 is 5.92. The predicted molar refractivity (Wildman–Crippen MR) is 70.3 cm³/mol. The molecular formula is C12H15ClN2O3. The van der Waals surface area contributed by atoms with Crippen molar-refractivity contribution in [2.24, 2.45) is 0 Å². The average molecular weight is 271 g/mol. The van der Waals surface area contributed by atoms with Crippen LogP contribution in [0.3, 0.4) is 0 Å². The Hall–Kier alpha value is -1.33. The zero-order chi connectivity index (χ0) is 13.3. The second-order valence-corrected chi connectivity index (χ2v) is 5.00. The first-order chi connectivity index (χ1) is 8.49. The molecule has 1 aliphatic rings. The fourth-order valence-electron chi connectivity index (χ4n) is 2.31. The van der Waals surface area contributed by atoms with E-state index in [0.717, 1.165) is 30.6 Å². The minimum absolute atomic E-state index is 0.0736. The summed E-state index contributed by atoms with van der Waals surface area (Å²) in [7, 11) is 0. The molecule has 0 amide bonds. The summed E-state index contributed by atoms with van der Waals surface area (Å²) in [5.41, 5.74) is 1.60. The molecule has 6 heteroatoms. The SMILES string of the molecule is Cc1cc([N+](=O)[O-])c(Cl)cc1N1CCC[C@H](O)C1. The van der Waals surface area contributed by atoms with Gasteiger partial charge >= 0.3 is 0 Å². The molecule has 0 aliphatic carbocycles. The quantitative estimate of drug-likeness (QED) is 0.662. The number of hydrogen-bond donors (Lipinski definition) is 1. The van der Waals surface area contributed by atoms with Crippen LogP contribution in [0.15, 0.2) is 12.1 Å². The molecule has 1 atom stereocenters. The van der Waals surface area contributed by atoms with Gasteiger partial charge in [-0.25, -0.2) is 0 Å². The van der Waals surface area contributed by atoms with Gasteiger partial charge in [-0.2, -0.15) is 0 Å². The van der Waals surface area contributed by atoms with Gasteiger partial charge in [0.05, 0.1) is 11.0 Å². The Morgan fingerprint density at radius 3 is 2.89 bits per heavy atom. The van der Waals surface area contributed by atoms with Gasteiger partial charge in [-0.15, -0.1) is 0 Å². The van der Waals surface area contributed by atoms with E-state index in [1.165, 1.54) is 6.07 Å². The van der Waals surface area contributed by atoms with Gasteiger partial charge in [-0.3, -0.25) is 10.1 Å². The van der Waals surface area contributed by atoms with Crippen LogP contribution in [-0.4, -0.2) is 29.2 Å². The molecule has 18 heavy (non-hydrogen) atoms. The number of piperidine rings is 1. The Labute approximate surface area is 110 Å². The van der Waals surface area contributed by atoms with Crippen LogP contribution < -0.4 is 4.90 Å². The number of aryl methyl sites for hydroxylation is 1. The number of nitrogens with zero attached hydrogens (tertiary/aromatic N) is 2. The van der Waals surface area contributed by atoms with Crippen LogP contribution in [0.5, 0.6) is 0 Å². The smallest absolute Gasteiger partial charge is 0.288 e. The topological polar surface area (TPSA) is 66.6 Å². The summed E-state index contributed by atoms with van der Waals surface area (Å²) in [6.45, 7) is 3.21. The maximum absolute atomic E-state index is 10.8. The largest absolute Gasteiger partial charge is 0.391 e. The molecule has 0 saturated carbocycles. The van der Waals surface area contributed by atoms with Crippen molar-refractivity contribution in [2.75, 3.05) is 18.0 Å². The van der Waals surface area contributed by atoms with Crippen molar-refractivity contribution in [3.63, 3.8) is 0 Å². The van der Waals surface area contributed by atoms with E-state index in [1.54, 1.807) is 6.07 Å². The summed E-state index contributed by atoms with van der Waals surface area (Å²) in [6.07, 6.45) is 1.37. The molecule has 1 aromatic carbocycles. The summed E-state index contributed by atoms with van der Waals surface area (Å²) in [4.78, 5) is 12.3. The Balaban J connectivity index is 2.34. The lowest BCUT2D eigenvalue weighted by Crippen LogP contribution is -2.38. The Morgan fingerprint density at radius 2 is 2.28 bits per heavy atom. The van der Waals surface area contributed by atoms with Crippen LogP contribution in [0.1, 0.15) is 18.4 Å². The van der Waals surface area contributed by atoms with E-state index in [0.29, 0.717) is 6.54 Å². The van der Waals surface area contributed by atoms with E-state index >= 15 is 0 Å². The molecule has 2 rings (SSSR count). The van der Waals surface area contributed by atoms with Gasteiger partial charge in [-0.05, 0) is 31.4 Å². The van der Waals surface area contributed by atoms with E-state index < -0.39 is 4.92 Å². The first-order valence-corrected chi connectivity index (χ1v) is 6.24. The molecule has 1 fully saturated rings. The van der Waals surface area contributed by atoms with Gasteiger partial charge in [0.1, 0.15) is 5.02 Å². The first-order valence-electron chi connectivity index (χ1n) is 5.86. The van der Waals surface area contributed by atoms with Gasteiger partial charge in [0.2, 0.25) is 0 Å². The molecule has 0 spiro atoms. The maximum atomic E-state index is 10.8. The molecule has 1 saturated heterocycles. The summed E-state index contributed by atoms with van der Waals surface area (Å²) < 4.78 is 0. The van der Waals surface area contributed by atoms with E-state index in [1.807, 2.05) is 11.8 Å². The number of halogens is 1. The molecule has 0 unspecified atom stereocenters. The number of aliphatic hydroxyl groups is 1. The molecular weight excluding hydrogens is 256 g/mol. The van der Waals surface area contributed by atoms with E-state index in [4.69, 9.17) is 11.6 Å². The molecule has 0 radical (unpaired) electrons. The van der Waals surface area contributed by atoms with E-state index in [-0.39, 0.29) is 16.8 Å². The highest BCUT2D eigenvalue weighted by Gasteiger charge is 2.22. The highest BCUT2D eigenvalue weighted by Crippen LogP contribution is 2.33. The average Bonchev–Trinajstić information content (AvgIpc) is 2.31. The highest BCUT2D eigenvalue weighted by molar-refractivity contribution is 6.33. The zero-order valence-electron chi connectivity index (χ0n) is 10.1. The molecule has 1 aromatic rings. The minimum atomic E-state index is -0.482. The van der Waals surface area contributed by atoms with Gasteiger partial charge in [0.25, 0.3) is 5.69 Å². The van der Waals surface area contributed by atoms with Crippen molar-refractivity contribution < 1.29 is 10.0 Å². The van der Waals surface area contributed by atoms with E-state index in [2.05, 4.69) is 0 Å². The number of anilines is 1. The number of β-amino-alcohol motifs (C(OH)–C–C–N with tert-alkyl or cyclic N) is 1. The Kier molecular flexibility index (Phi) is 3.73. The fourth-order valence-corrected chi connectivity index (χ4v) is 2.54. The van der Waals surface area contributed by atoms with Crippen molar-refractivity contribution in [1.82, 2.24) is 0 Å². The van der Waals surface area contributed by atoms with Crippen LogP contribution in [0.2, 0.25) is 5.02 Å². The number of benzene rings is 1. The third kappa shape index (κ3) is 2.57. The molecule has 98 valence electrons. The minimum Gasteiger partial charge on any atom is -0.391 e. The number of rotatable bonds is 2. The van der Waals surface area contributed by atoms with Crippen molar-refractivity contribution in [2.45, 2.75) is 25.9 Å². The molecule has 1 heterocycles. The fraction of sp³-hybridized carbons (Fsp3) is 0.500. The van der Waals surface area contributed by atoms with Crippen LogP contribution in [0, 0.1) is 17.0 Å². The number of nitro groups is 1. The third-order valence-electron chi connectivity index (χ3n) is 3.20. The second-order valence-electron chi connectivity index (χ2n) is 4.59.